The monoisotopic (exact) mass is 1340 g/mol. The molecule has 31 heteroatoms. The Morgan fingerprint density at radius 1 is 0.953 bits per heavy atom. The summed E-state index contributed by atoms with van der Waals surface area (Å²) in [5.41, 5.74) is 3.34. The van der Waals surface area contributed by atoms with E-state index >= 15 is 0 Å². The van der Waals surface area contributed by atoms with Crippen molar-refractivity contribution >= 4 is 141 Å². The predicted molar refractivity (Wildman–Crippen MR) is 339 cm³/mol. The molecule has 4 aromatic carbocycles. The van der Waals surface area contributed by atoms with Crippen molar-refractivity contribution in [3.05, 3.63) is 121 Å². The smallest absolute Gasteiger partial charge is 0.345 e. The van der Waals surface area contributed by atoms with Gasteiger partial charge in [-0.25, -0.2) is 4.79 Å². The van der Waals surface area contributed by atoms with Gasteiger partial charge in [0.2, 0.25) is 23.1 Å². The third-order valence-electron chi connectivity index (χ3n) is 10.3. The average Bonchev–Trinajstić information content (AvgIpc) is 1.66. The first-order valence-electron chi connectivity index (χ1n) is 25.5. The zero-order valence-electron chi connectivity index (χ0n) is 48.9. The van der Waals surface area contributed by atoms with Crippen molar-refractivity contribution in [3.63, 3.8) is 0 Å². The van der Waals surface area contributed by atoms with E-state index in [2.05, 4.69) is 62.1 Å². The fourth-order valence-corrected chi connectivity index (χ4v) is 8.31. The number of halogens is 6. The van der Waals surface area contributed by atoms with E-state index in [1.165, 1.54) is 18.2 Å². The second-order valence-electron chi connectivity index (χ2n) is 18.3. The van der Waals surface area contributed by atoms with Gasteiger partial charge in [0.15, 0.2) is 4.84 Å². The number of anilines is 4. The van der Waals surface area contributed by atoms with Gasteiger partial charge >= 0.3 is 11.9 Å². The first kappa shape index (κ1) is 77.5. The number of nitrogens with zero attached hydrogens (tertiary/aromatic N) is 6. The van der Waals surface area contributed by atoms with Crippen molar-refractivity contribution in [3.8, 4) is 17.2 Å². The lowest BCUT2D eigenvalue weighted by molar-refractivity contribution is -0.385. The number of rotatable bonds is 19. The number of nitro benzene ring substituents is 1. The van der Waals surface area contributed by atoms with Crippen LogP contribution in [0.4, 0.5) is 29.0 Å². The number of nitro groups is 1. The van der Waals surface area contributed by atoms with Crippen molar-refractivity contribution in [2.75, 3.05) is 91.9 Å². The Morgan fingerprint density at radius 2 is 1.59 bits per heavy atom. The highest BCUT2D eigenvalue weighted by Gasteiger charge is 2.32. The zero-order chi connectivity index (χ0) is 64.7. The van der Waals surface area contributed by atoms with Gasteiger partial charge in [-0.15, -0.1) is 11.6 Å². The molecule has 470 valence electrons. The molecule has 85 heavy (non-hydrogen) atoms. The van der Waals surface area contributed by atoms with Crippen LogP contribution in [0.5, 0.6) is 17.2 Å². The maximum atomic E-state index is 12.2. The van der Waals surface area contributed by atoms with Crippen LogP contribution in [0.1, 0.15) is 63.0 Å². The molecule has 0 saturated heterocycles. The number of carbonyl (C=O) groups excluding carboxylic acids is 3. The Morgan fingerprint density at radius 3 is 2.12 bits per heavy atom. The molecule has 23 nitrogen and oxygen atoms in total. The van der Waals surface area contributed by atoms with Crippen LogP contribution in [0.15, 0.2) is 78.9 Å². The molecule has 0 saturated carbocycles. The summed E-state index contributed by atoms with van der Waals surface area (Å²) in [5, 5.41) is 27.8. The summed E-state index contributed by atoms with van der Waals surface area (Å²) in [6.45, 7) is 15.1. The summed E-state index contributed by atoms with van der Waals surface area (Å²) >= 11 is 34.5. The van der Waals surface area contributed by atoms with Gasteiger partial charge in [0.25, 0.3) is 11.6 Å². The van der Waals surface area contributed by atoms with E-state index in [0.29, 0.717) is 52.5 Å². The van der Waals surface area contributed by atoms with Crippen LogP contribution < -0.4 is 40.1 Å². The lowest BCUT2D eigenvalue weighted by Crippen LogP contribution is -2.47. The predicted octanol–water partition coefficient (Wildman–Crippen LogP) is 10.7. The molecule has 1 aliphatic heterocycles. The summed E-state index contributed by atoms with van der Waals surface area (Å²) in [7, 11) is -0.936. The third-order valence-corrected chi connectivity index (χ3v) is 12.2. The fraction of sp³-hybridized carbons (Fsp3) is 0.426. The number of methoxy groups -OCH3 is 2. The number of ether oxygens (including phenoxy) is 4. The Balaban J connectivity index is 0.000000533. The minimum Gasteiger partial charge on any atom is -0.778 e. The molecule has 0 fully saturated rings. The molecule has 5 aromatic rings. The molecule has 0 radical (unpaired) electrons. The Labute approximate surface area is 528 Å². The Hall–Kier alpha value is -5.47. The zero-order valence-corrected chi connectivity index (χ0v) is 55.1. The van der Waals surface area contributed by atoms with Gasteiger partial charge in [0.05, 0.1) is 78.7 Å². The molecule has 0 spiro atoms. The number of esters is 1. The minimum absolute atomic E-state index is 0.0223. The van der Waals surface area contributed by atoms with Crippen LogP contribution in [-0.4, -0.2) is 148 Å². The van der Waals surface area contributed by atoms with E-state index < -0.39 is 42.1 Å². The number of hydrogen-bond donors (Lipinski definition) is 5. The number of carboxylic acid groups (broad SMARTS) is 1. The molecule has 2 amide bonds. The Kier molecular flexibility index (Phi) is 36.6. The van der Waals surface area contributed by atoms with Crippen molar-refractivity contribution in [1.29, 1.82) is 0 Å². The highest BCUT2D eigenvalue weighted by atomic mass is 35.5. The summed E-state index contributed by atoms with van der Waals surface area (Å²) < 4.78 is 30.7. The fourth-order valence-electron chi connectivity index (χ4n) is 6.97. The molecule has 6 rings (SSSR count). The summed E-state index contributed by atoms with van der Waals surface area (Å²) in [4.78, 5) is 88.0. The highest BCUT2D eigenvalue weighted by molar-refractivity contribution is 7.94. The third kappa shape index (κ3) is 29.2. The van der Waals surface area contributed by atoms with Crippen LogP contribution in [0.3, 0.4) is 0 Å². The van der Waals surface area contributed by atoms with E-state index in [1.807, 2.05) is 83.3 Å². The summed E-state index contributed by atoms with van der Waals surface area (Å²) in [5.74, 6) is -0.249. The SMILES string of the molecule is CC1COc2ccccc2N1C(=O)C(Cl)Cl.CCNc1nc(Cl)nc(NC(C)C)n1.CCc1cccc(C)c1N(C(=O)CCl)C(C)COC.COC(=O)c1cc(Oc2ccc(Cl)cc2Cl)ccc1[N+](=O)[O-].C[S+](C)C.O=C(O)CNCP(=O)([O-])O. The minimum atomic E-state index is -4.35. The molecular formula is C54H72Cl6N9O14PS. The molecule has 1 aliphatic rings. The lowest BCUT2D eigenvalue weighted by atomic mass is 10.0. The van der Waals surface area contributed by atoms with Gasteiger partial charge in [0.1, 0.15) is 42.9 Å². The van der Waals surface area contributed by atoms with Gasteiger partial charge in [-0.3, -0.25) is 29.8 Å². The van der Waals surface area contributed by atoms with Gasteiger partial charge in [-0.1, -0.05) is 83.7 Å². The first-order chi connectivity index (χ1) is 39.9. The van der Waals surface area contributed by atoms with Crippen molar-refractivity contribution < 1.29 is 62.5 Å². The van der Waals surface area contributed by atoms with Crippen LogP contribution >= 0.6 is 77.2 Å². The summed E-state index contributed by atoms with van der Waals surface area (Å²) in [6.07, 6.45) is 6.75. The number of aryl methyl sites for hydroxylation is 2. The number of aliphatic carboxylic acids is 1. The maximum absolute atomic E-state index is 12.2. The van der Waals surface area contributed by atoms with Crippen molar-refractivity contribution in [2.45, 2.75) is 77.8 Å². The molecule has 1 aromatic heterocycles. The van der Waals surface area contributed by atoms with Crippen LogP contribution in [0.25, 0.3) is 0 Å². The van der Waals surface area contributed by atoms with Crippen molar-refractivity contribution in [2.24, 2.45) is 0 Å². The van der Waals surface area contributed by atoms with Crippen LogP contribution in [-0.2, 0) is 45.7 Å². The molecule has 3 unspecified atom stereocenters. The number of hydrogen-bond acceptors (Lipinski definition) is 18. The Bertz CT molecular complexity index is 2990. The molecular weight excluding hydrogens is 1270 g/mol. The van der Waals surface area contributed by atoms with Gasteiger partial charge in [-0.05, 0) is 118 Å². The number of nitrogens with one attached hydrogen (secondary N) is 3. The molecule has 5 N–H and O–H groups in total. The van der Waals surface area contributed by atoms with E-state index in [4.69, 9.17) is 93.8 Å². The number of fused-ring (bicyclic) bond motifs is 1. The van der Waals surface area contributed by atoms with Crippen LogP contribution in [0.2, 0.25) is 15.3 Å². The van der Waals surface area contributed by atoms with E-state index in [-0.39, 0.29) is 63.1 Å². The maximum Gasteiger partial charge on any atom is 0.345 e. The quantitative estimate of drug-likeness (QED) is 0.0128. The van der Waals surface area contributed by atoms with E-state index in [1.54, 1.807) is 29.0 Å². The van der Waals surface area contributed by atoms with Crippen LogP contribution in [0, 0.1) is 17.0 Å². The highest BCUT2D eigenvalue weighted by Crippen LogP contribution is 2.36. The lowest BCUT2D eigenvalue weighted by Gasteiger charge is -2.35. The van der Waals surface area contributed by atoms with Gasteiger partial charge in [-0.2, -0.15) is 15.0 Å². The number of carbonyl (C=O) groups is 4. The average molecular weight is 1350 g/mol. The second kappa shape index (κ2) is 40.1. The molecule has 3 atom stereocenters. The van der Waals surface area contributed by atoms with E-state index in [0.717, 1.165) is 48.6 Å². The molecule has 2 heterocycles. The summed E-state index contributed by atoms with van der Waals surface area (Å²) in [6, 6.07) is 21.9. The standard InChI is InChI=1S/C15H22ClNO2.C14H9Cl2NO5.C11H11Cl2NO2.C8H14ClN5.C3H8NO5P.C3H9S/c1-5-13-8-6-7-11(2)15(13)17(14(18)9-16)12(3)10-19-4;1-21-14(18)10-7-9(3-4-12(10)17(19)20)22-13-5-2-8(15)6-11(13)16;1-7-6-16-9-5-3-2-4-8(9)14(7)11(15)10(12)13;1-4-10-7-12-6(9)13-8(14-7)11-5(2)3;5-3(6)1-4-2-10(7,8)9;1-4(2)3/h6-8,12H,5,9-10H2,1-4H3;2-7H,1H3;2-5,7,10H,6H2,1H3;5H,4H2,1-3H3,(H2,10,11,12,13,14);4H,1-2H2,(H,5,6)(H2,7,8,9);1-3H3/q;;;;;+1/p-1. The largest absolute Gasteiger partial charge is 0.778 e. The molecule has 0 bridgehead atoms. The number of para-hydroxylation sites is 3. The molecule has 0 aliphatic carbocycles. The topological polar surface area (TPSA) is 310 Å². The van der Waals surface area contributed by atoms with E-state index in [9.17, 15) is 38.8 Å². The normalized spacial score (nSPS) is 13.0. The number of aromatic nitrogens is 3. The second-order valence-corrected chi connectivity index (χ2v) is 24.9. The van der Waals surface area contributed by atoms with Gasteiger partial charge in [0, 0.05) is 36.9 Å². The number of alkyl halides is 3. The number of carboxylic acids is 1. The van der Waals surface area contributed by atoms with Crippen molar-refractivity contribution in [1.82, 2.24) is 20.3 Å². The number of benzene rings is 4. The number of amides is 2. The van der Waals surface area contributed by atoms with Gasteiger partial charge < -0.3 is 58.8 Å². The first-order valence-corrected chi connectivity index (χ1v) is 32.3.